The molecule has 0 saturated carbocycles. The van der Waals surface area contributed by atoms with Gasteiger partial charge in [-0.25, -0.2) is 0 Å². The number of carbonyl (C=O) groups excluding carboxylic acids is 1. The van der Waals surface area contributed by atoms with Crippen molar-refractivity contribution in [3.8, 4) is 11.5 Å². The van der Waals surface area contributed by atoms with Crippen molar-refractivity contribution in [1.29, 1.82) is 0 Å². The van der Waals surface area contributed by atoms with Gasteiger partial charge in [0, 0.05) is 12.2 Å². The Hall–Kier alpha value is -2.37. The Kier molecular flexibility index (Phi) is 4.90. The molecule has 1 aliphatic rings. The number of ether oxygens (including phenoxy) is 2. The summed E-state index contributed by atoms with van der Waals surface area (Å²) in [7, 11) is 0. The quantitative estimate of drug-likeness (QED) is 0.911. The lowest BCUT2D eigenvalue weighted by Crippen LogP contribution is -2.53. The average Bonchev–Trinajstić information content (AvgIpc) is 2.58. The highest BCUT2D eigenvalue weighted by atomic mass is 16.5. The van der Waals surface area contributed by atoms with Gasteiger partial charge in [0.2, 0.25) is 5.91 Å². The molecule has 120 valence electrons. The molecule has 3 rings (SSSR count). The fourth-order valence-corrected chi connectivity index (χ4v) is 2.48. The average molecular weight is 312 g/mol. The number of hydrogen-bond acceptors (Lipinski definition) is 4. The minimum atomic E-state index is -0.330. The number of carbonyl (C=O) groups is 1. The van der Waals surface area contributed by atoms with E-state index in [0.29, 0.717) is 13.2 Å². The number of amides is 1. The lowest BCUT2D eigenvalue weighted by atomic mass is 10.1. The van der Waals surface area contributed by atoms with Gasteiger partial charge in [-0.1, -0.05) is 18.2 Å². The van der Waals surface area contributed by atoms with Crippen LogP contribution >= 0.6 is 0 Å². The Morgan fingerprint density at radius 1 is 1.13 bits per heavy atom. The molecule has 2 N–H and O–H groups in total. The maximum atomic E-state index is 12.3. The third-order valence-electron chi connectivity index (χ3n) is 3.70. The van der Waals surface area contributed by atoms with E-state index in [1.807, 2.05) is 61.5 Å². The maximum absolute atomic E-state index is 12.3. The molecule has 5 heteroatoms. The van der Waals surface area contributed by atoms with Crippen LogP contribution < -0.4 is 15.4 Å². The number of nitrogens with one attached hydrogen (secondary N) is 2. The molecular formula is C18H20N2O3. The van der Waals surface area contributed by atoms with Crippen molar-refractivity contribution < 1.29 is 14.3 Å². The molecule has 0 radical (unpaired) electrons. The van der Waals surface area contributed by atoms with Gasteiger partial charge >= 0.3 is 0 Å². The van der Waals surface area contributed by atoms with Crippen LogP contribution in [0, 0.1) is 0 Å². The van der Waals surface area contributed by atoms with Gasteiger partial charge in [0.1, 0.15) is 17.5 Å². The summed E-state index contributed by atoms with van der Waals surface area (Å²) >= 11 is 0. The SMILES string of the molecule is C[C@H]1OCCN[C@@H]1C(=O)Nc1ccc(Oc2ccccc2)cc1. The first-order chi connectivity index (χ1) is 11.2. The molecule has 0 bridgehead atoms. The van der Waals surface area contributed by atoms with Crippen molar-refractivity contribution in [2.45, 2.75) is 19.1 Å². The second-order valence-corrected chi connectivity index (χ2v) is 5.44. The number of para-hydroxylation sites is 1. The zero-order chi connectivity index (χ0) is 16.1. The molecule has 1 aliphatic heterocycles. The van der Waals surface area contributed by atoms with Crippen LogP contribution in [0.5, 0.6) is 11.5 Å². The summed E-state index contributed by atoms with van der Waals surface area (Å²) in [5.74, 6) is 1.41. The van der Waals surface area contributed by atoms with Crippen molar-refractivity contribution in [1.82, 2.24) is 5.32 Å². The van der Waals surface area contributed by atoms with Crippen molar-refractivity contribution in [2.75, 3.05) is 18.5 Å². The Morgan fingerprint density at radius 3 is 2.52 bits per heavy atom. The molecular weight excluding hydrogens is 292 g/mol. The molecule has 2 atom stereocenters. The van der Waals surface area contributed by atoms with Gasteiger partial charge in [-0.3, -0.25) is 4.79 Å². The van der Waals surface area contributed by atoms with E-state index in [2.05, 4.69) is 10.6 Å². The number of rotatable bonds is 4. The first kappa shape index (κ1) is 15.5. The Morgan fingerprint density at radius 2 is 1.83 bits per heavy atom. The molecule has 1 saturated heterocycles. The number of hydrogen-bond donors (Lipinski definition) is 2. The van der Waals surface area contributed by atoms with Crippen LogP contribution in [0.1, 0.15) is 6.92 Å². The summed E-state index contributed by atoms with van der Waals surface area (Å²) in [5, 5.41) is 6.07. The first-order valence-electron chi connectivity index (χ1n) is 7.71. The Labute approximate surface area is 135 Å². The van der Waals surface area contributed by atoms with E-state index in [-0.39, 0.29) is 18.1 Å². The molecule has 23 heavy (non-hydrogen) atoms. The van der Waals surface area contributed by atoms with E-state index in [9.17, 15) is 4.79 Å². The summed E-state index contributed by atoms with van der Waals surface area (Å²) in [5.41, 5.74) is 0.731. The van der Waals surface area contributed by atoms with Gasteiger partial charge in [-0.15, -0.1) is 0 Å². The van der Waals surface area contributed by atoms with Gasteiger partial charge in [0.15, 0.2) is 0 Å². The third kappa shape index (κ3) is 4.09. The van der Waals surface area contributed by atoms with Gasteiger partial charge < -0.3 is 20.1 Å². The van der Waals surface area contributed by atoms with Crippen molar-refractivity contribution in [2.24, 2.45) is 0 Å². The number of morpholine rings is 1. The first-order valence-corrected chi connectivity index (χ1v) is 7.71. The highest BCUT2D eigenvalue weighted by Gasteiger charge is 2.28. The molecule has 1 amide bonds. The van der Waals surface area contributed by atoms with Crippen molar-refractivity contribution in [3.05, 3.63) is 54.6 Å². The smallest absolute Gasteiger partial charge is 0.244 e. The molecule has 1 fully saturated rings. The summed E-state index contributed by atoms with van der Waals surface area (Å²) < 4.78 is 11.2. The normalized spacial score (nSPS) is 20.7. The van der Waals surface area contributed by atoms with E-state index < -0.39 is 0 Å². The lowest BCUT2D eigenvalue weighted by Gasteiger charge is -2.29. The second-order valence-electron chi connectivity index (χ2n) is 5.44. The van der Waals surface area contributed by atoms with Gasteiger partial charge in [0.05, 0.1) is 12.7 Å². The van der Waals surface area contributed by atoms with Gasteiger partial charge in [-0.2, -0.15) is 0 Å². The second kappa shape index (κ2) is 7.26. The molecule has 0 aromatic heterocycles. The molecule has 0 spiro atoms. The van der Waals surface area contributed by atoms with E-state index in [1.165, 1.54) is 0 Å². The summed E-state index contributed by atoms with van der Waals surface area (Å²) in [6, 6.07) is 16.5. The summed E-state index contributed by atoms with van der Waals surface area (Å²) in [6.07, 6.45) is -0.135. The Balaban J connectivity index is 1.60. The highest BCUT2D eigenvalue weighted by Crippen LogP contribution is 2.22. The fraction of sp³-hybridized carbons (Fsp3) is 0.278. The van der Waals surface area contributed by atoms with Crippen LogP contribution in [-0.2, 0) is 9.53 Å². The van der Waals surface area contributed by atoms with Crippen LogP contribution in [0.4, 0.5) is 5.69 Å². The molecule has 2 aromatic carbocycles. The van der Waals surface area contributed by atoms with Crippen LogP contribution in [-0.4, -0.2) is 31.2 Å². The van der Waals surface area contributed by atoms with E-state index in [4.69, 9.17) is 9.47 Å². The van der Waals surface area contributed by atoms with E-state index >= 15 is 0 Å². The molecule has 0 aliphatic carbocycles. The maximum Gasteiger partial charge on any atom is 0.244 e. The van der Waals surface area contributed by atoms with E-state index in [1.54, 1.807) is 0 Å². The minimum Gasteiger partial charge on any atom is -0.457 e. The third-order valence-corrected chi connectivity index (χ3v) is 3.70. The summed E-state index contributed by atoms with van der Waals surface area (Å²) in [4.78, 5) is 12.3. The zero-order valence-corrected chi connectivity index (χ0v) is 13.0. The topological polar surface area (TPSA) is 59.6 Å². The van der Waals surface area contributed by atoms with Crippen molar-refractivity contribution in [3.63, 3.8) is 0 Å². The Bertz CT molecular complexity index is 643. The predicted octanol–water partition coefficient (Wildman–Crippen LogP) is 2.79. The molecule has 1 heterocycles. The molecule has 5 nitrogen and oxygen atoms in total. The zero-order valence-electron chi connectivity index (χ0n) is 13.0. The van der Waals surface area contributed by atoms with Crippen LogP contribution in [0.3, 0.4) is 0 Å². The van der Waals surface area contributed by atoms with Crippen LogP contribution in [0.2, 0.25) is 0 Å². The largest absolute Gasteiger partial charge is 0.457 e. The van der Waals surface area contributed by atoms with Gasteiger partial charge in [0.25, 0.3) is 0 Å². The van der Waals surface area contributed by atoms with Crippen molar-refractivity contribution >= 4 is 11.6 Å². The minimum absolute atomic E-state index is 0.0890. The molecule has 0 unspecified atom stereocenters. The number of benzene rings is 2. The van der Waals surface area contributed by atoms with Crippen LogP contribution in [0.15, 0.2) is 54.6 Å². The highest BCUT2D eigenvalue weighted by molar-refractivity contribution is 5.95. The fourth-order valence-electron chi connectivity index (χ4n) is 2.48. The molecule has 2 aromatic rings. The monoisotopic (exact) mass is 312 g/mol. The number of anilines is 1. The lowest BCUT2D eigenvalue weighted by molar-refractivity contribution is -0.123. The standard InChI is InChI=1S/C18H20N2O3/c1-13-17(19-11-12-22-13)18(21)20-14-7-9-16(10-8-14)23-15-5-3-2-4-6-15/h2-10,13,17,19H,11-12H2,1H3,(H,20,21)/t13-,17+/m1/s1. The van der Waals surface area contributed by atoms with E-state index in [0.717, 1.165) is 17.2 Å². The predicted molar refractivity (Wildman–Crippen MR) is 88.8 cm³/mol. The van der Waals surface area contributed by atoms with Gasteiger partial charge in [-0.05, 0) is 43.3 Å². The summed E-state index contributed by atoms with van der Waals surface area (Å²) in [6.45, 7) is 3.22. The van der Waals surface area contributed by atoms with Crippen LogP contribution in [0.25, 0.3) is 0 Å².